The van der Waals surface area contributed by atoms with Crippen molar-refractivity contribution >= 4 is 11.8 Å². The first-order valence-electron chi connectivity index (χ1n) is 6.65. The maximum atomic E-state index is 3.66. The molecule has 1 aliphatic rings. The van der Waals surface area contributed by atoms with Crippen LogP contribution in [0.15, 0.2) is 30.3 Å². The molecule has 1 atom stereocenters. The Bertz CT molecular complexity index is 364. The van der Waals surface area contributed by atoms with Crippen LogP contribution in [0.25, 0.3) is 0 Å². The third-order valence-electron chi connectivity index (χ3n) is 3.58. The van der Waals surface area contributed by atoms with Crippen molar-refractivity contribution in [2.75, 3.05) is 31.6 Å². The molecule has 1 aromatic carbocycles. The first-order valence-corrected chi connectivity index (χ1v) is 8.05. The van der Waals surface area contributed by atoms with Gasteiger partial charge in [0.05, 0.1) is 0 Å². The minimum absolute atomic E-state index is 0.226. The van der Waals surface area contributed by atoms with Gasteiger partial charge in [-0.1, -0.05) is 30.3 Å². The fourth-order valence-corrected chi connectivity index (χ4v) is 3.04. The summed E-state index contributed by atoms with van der Waals surface area (Å²) in [6.45, 7) is 7.92. The molecule has 2 rings (SSSR count). The molecule has 0 radical (unpaired) electrons. The predicted molar refractivity (Wildman–Crippen MR) is 81.2 cm³/mol. The molecule has 1 saturated heterocycles. The third kappa shape index (κ3) is 3.50. The third-order valence-corrected chi connectivity index (χ3v) is 4.17. The van der Waals surface area contributed by atoms with Gasteiger partial charge in [-0.15, -0.1) is 0 Å². The van der Waals surface area contributed by atoms with Gasteiger partial charge in [-0.05, 0) is 25.7 Å². The van der Waals surface area contributed by atoms with Gasteiger partial charge in [0.25, 0.3) is 0 Å². The van der Waals surface area contributed by atoms with Gasteiger partial charge >= 0.3 is 0 Å². The molecule has 100 valence electrons. The minimum Gasteiger partial charge on any atom is -0.309 e. The normalized spacial score (nSPS) is 24.1. The maximum absolute atomic E-state index is 3.66. The Morgan fingerprint density at radius 2 is 2.06 bits per heavy atom. The SMILES string of the molecule is CSCCN1CC(C)(C)NCC1c1ccccc1. The highest BCUT2D eigenvalue weighted by Crippen LogP contribution is 2.26. The van der Waals surface area contributed by atoms with Crippen LogP contribution in [-0.2, 0) is 0 Å². The lowest BCUT2D eigenvalue weighted by atomic mass is 9.95. The summed E-state index contributed by atoms with van der Waals surface area (Å²) < 4.78 is 0. The first kappa shape index (κ1) is 13.9. The predicted octanol–water partition coefficient (Wildman–Crippen LogP) is 2.77. The molecule has 1 aromatic rings. The second-order valence-corrected chi connectivity index (χ2v) is 6.64. The summed E-state index contributed by atoms with van der Waals surface area (Å²) in [4.78, 5) is 2.63. The molecule has 3 heteroatoms. The van der Waals surface area contributed by atoms with Crippen LogP contribution < -0.4 is 5.32 Å². The summed E-state index contributed by atoms with van der Waals surface area (Å²) in [7, 11) is 0. The Labute approximate surface area is 115 Å². The van der Waals surface area contributed by atoms with Crippen LogP contribution in [0.5, 0.6) is 0 Å². The smallest absolute Gasteiger partial charge is 0.0473 e. The molecule has 0 spiro atoms. The fraction of sp³-hybridized carbons (Fsp3) is 0.600. The molecule has 0 amide bonds. The number of benzene rings is 1. The monoisotopic (exact) mass is 264 g/mol. The summed E-state index contributed by atoms with van der Waals surface area (Å²) in [5.74, 6) is 1.21. The van der Waals surface area contributed by atoms with Crippen LogP contribution in [0.2, 0.25) is 0 Å². The van der Waals surface area contributed by atoms with E-state index in [0.717, 1.165) is 13.1 Å². The lowest BCUT2D eigenvalue weighted by Gasteiger charge is -2.45. The molecule has 18 heavy (non-hydrogen) atoms. The van der Waals surface area contributed by atoms with E-state index in [1.165, 1.54) is 17.9 Å². The molecule has 0 aliphatic carbocycles. The summed E-state index contributed by atoms with van der Waals surface area (Å²) >= 11 is 1.93. The molecule has 0 bridgehead atoms. The molecule has 0 aromatic heterocycles. The summed E-state index contributed by atoms with van der Waals surface area (Å²) in [6.07, 6.45) is 2.19. The molecule has 1 aliphatic heterocycles. The first-order chi connectivity index (χ1) is 8.62. The zero-order valence-corrected chi connectivity index (χ0v) is 12.5. The zero-order valence-electron chi connectivity index (χ0n) is 11.6. The Balaban J connectivity index is 2.12. The Morgan fingerprint density at radius 1 is 1.33 bits per heavy atom. The number of nitrogens with zero attached hydrogens (tertiary/aromatic N) is 1. The van der Waals surface area contributed by atoms with E-state index < -0.39 is 0 Å². The lowest BCUT2D eigenvalue weighted by molar-refractivity contribution is 0.102. The summed E-state index contributed by atoms with van der Waals surface area (Å²) in [5, 5.41) is 3.66. The number of thioether (sulfide) groups is 1. The second kappa shape index (κ2) is 6.09. The average Bonchev–Trinajstić information content (AvgIpc) is 2.36. The molecular weight excluding hydrogens is 240 g/mol. The largest absolute Gasteiger partial charge is 0.309 e. The van der Waals surface area contributed by atoms with Crippen molar-refractivity contribution in [3.05, 3.63) is 35.9 Å². The second-order valence-electron chi connectivity index (χ2n) is 5.65. The molecule has 0 saturated carbocycles. The molecule has 1 unspecified atom stereocenters. The maximum Gasteiger partial charge on any atom is 0.0473 e. The minimum atomic E-state index is 0.226. The number of hydrogen-bond donors (Lipinski definition) is 1. The molecule has 1 heterocycles. The Kier molecular flexibility index (Phi) is 4.71. The van der Waals surface area contributed by atoms with E-state index in [4.69, 9.17) is 0 Å². The van der Waals surface area contributed by atoms with Gasteiger partial charge in [-0.25, -0.2) is 0 Å². The van der Waals surface area contributed by atoms with Gasteiger partial charge < -0.3 is 5.32 Å². The van der Waals surface area contributed by atoms with Crippen molar-refractivity contribution in [3.63, 3.8) is 0 Å². The highest BCUT2D eigenvalue weighted by molar-refractivity contribution is 7.98. The van der Waals surface area contributed by atoms with Crippen LogP contribution in [0.1, 0.15) is 25.5 Å². The van der Waals surface area contributed by atoms with E-state index in [1.54, 1.807) is 0 Å². The van der Waals surface area contributed by atoms with Gasteiger partial charge in [-0.2, -0.15) is 11.8 Å². The topological polar surface area (TPSA) is 15.3 Å². The fourth-order valence-electron chi connectivity index (χ4n) is 2.62. The van der Waals surface area contributed by atoms with E-state index in [0.29, 0.717) is 6.04 Å². The number of nitrogens with one attached hydrogen (secondary N) is 1. The van der Waals surface area contributed by atoms with Gasteiger partial charge in [0.15, 0.2) is 0 Å². The Morgan fingerprint density at radius 3 is 2.72 bits per heavy atom. The number of piperazine rings is 1. The summed E-state index contributed by atoms with van der Waals surface area (Å²) in [6, 6.07) is 11.4. The lowest BCUT2D eigenvalue weighted by Crippen LogP contribution is -2.58. The molecule has 1 N–H and O–H groups in total. The van der Waals surface area contributed by atoms with Crippen molar-refractivity contribution < 1.29 is 0 Å². The number of rotatable bonds is 4. The van der Waals surface area contributed by atoms with E-state index in [2.05, 4.69) is 60.7 Å². The van der Waals surface area contributed by atoms with Gasteiger partial charge in [0, 0.05) is 37.0 Å². The van der Waals surface area contributed by atoms with Crippen molar-refractivity contribution in [1.29, 1.82) is 0 Å². The molecule has 1 fully saturated rings. The summed E-state index contributed by atoms with van der Waals surface area (Å²) in [5.41, 5.74) is 1.66. The van der Waals surface area contributed by atoms with Crippen LogP contribution >= 0.6 is 11.8 Å². The van der Waals surface area contributed by atoms with E-state index in [-0.39, 0.29) is 5.54 Å². The van der Waals surface area contributed by atoms with Crippen LogP contribution in [-0.4, -0.2) is 42.1 Å². The number of hydrogen-bond acceptors (Lipinski definition) is 3. The van der Waals surface area contributed by atoms with Crippen molar-refractivity contribution in [1.82, 2.24) is 10.2 Å². The van der Waals surface area contributed by atoms with E-state index >= 15 is 0 Å². The van der Waals surface area contributed by atoms with Gasteiger partial charge in [0.1, 0.15) is 0 Å². The highest BCUT2D eigenvalue weighted by atomic mass is 32.2. The average molecular weight is 264 g/mol. The van der Waals surface area contributed by atoms with Crippen LogP contribution in [0.4, 0.5) is 0 Å². The van der Waals surface area contributed by atoms with E-state index in [1.807, 2.05) is 11.8 Å². The molecular formula is C15H24N2S. The van der Waals surface area contributed by atoms with Crippen molar-refractivity contribution in [2.24, 2.45) is 0 Å². The van der Waals surface area contributed by atoms with Crippen molar-refractivity contribution in [2.45, 2.75) is 25.4 Å². The van der Waals surface area contributed by atoms with Gasteiger partial charge in [-0.3, -0.25) is 4.90 Å². The van der Waals surface area contributed by atoms with Gasteiger partial charge in [0.2, 0.25) is 0 Å². The highest BCUT2D eigenvalue weighted by Gasteiger charge is 2.32. The quantitative estimate of drug-likeness (QED) is 0.900. The zero-order chi connectivity index (χ0) is 13.0. The van der Waals surface area contributed by atoms with Crippen LogP contribution in [0.3, 0.4) is 0 Å². The Hall–Kier alpha value is -0.510. The van der Waals surface area contributed by atoms with E-state index in [9.17, 15) is 0 Å². The molecule has 2 nitrogen and oxygen atoms in total. The van der Waals surface area contributed by atoms with Crippen molar-refractivity contribution in [3.8, 4) is 0 Å². The van der Waals surface area contributed by atoms with Crippen LogP contribution in [0, 0.1) is 0 Å². The standard InChI is InChI=1S/C15H24N2S/c1-15(2)12-17(9-10-18-3)14(11-16-15)13-7-5-4-6-8-13/h4-8,14,16H,9-12H2,1-3H3.